The quantitative estimate of drug-likeness (QED) is 0.422. The number of Topliss-reactive ketones (excluding diaryl/α,β-unsaturated/α-hetero) is 1. The Balaban J connectivity index is 1.59. The first kappa shape index (κ1) is 20.7. The normalized spacial score (nSPS) is 14.9. The first-order valence-electron chi connectivity index (χ1n) is 9.50. The van der Waals surface area contributed by atoms with Crippen molar-refractivity contribution in [1.29, 1.82) is 0 Å². The zero-order chi connectivity index (χ0) is 20.1. The van der Waals surface area contributed by atoms with E-state index in [2.05, 4.69) is 9.47 Å². The molecule has 2 aromatic rings. The minimum Gasteiger partial charge on any atom is -0.466 e. The molecule has 1 fully saturated rings. The largest absolute Gasteiger partial charge is 0.466 e. The minimum absolute atomic E-state index is 0.0898. The van der Waals surface area contributed by atoms with Crippen LogP contribution in [0.2, 0.25) is 0 Å². The van der Waals surface area contributed by atoms with E-state index in [0.717, 1.165) is 53.7 Å². The molecule has 1 aliphatic rings. The summed E-state index contributed by atoms with van der Waals surface area (Å²) in [5.41, 5.74) is 2.83. The van der Waals surface area contributed by atoms with Gasteiger partial charge in [-0.1, -0.05) is 0 Å². The van der Waals surface area contributed by atoms with Crippen molar-refractivity contribution in [2.24, 2.45) is 0 Å². The first-order chi connectivity index (χ1) is 13.5. The predicted octanol–water partition coefficient (Wildman–Crippen LogP) is 1.95. The van der Waals surface area contributed by atoms with Gasteiger partial charge in [0.1, 0.15) is 0 Å². The topological polar surface area (TPSA) is 56.0 Å². The molecule has 1 aliphatic heterocycles. The summed E-state index contributed by atoms with van der Waals surface area (Å²) in [6, 6.07) is 7.83. The van der Waals surface area contributed by atoms with E-state index in [-0.39, 0.29) is 18.2 Å². The maximum Gasteiger partial charge on any atom is 0.311 e. The van der Waals surface area contributed by atoms with Crippen LogP contribution in [0.3, 0.4) is 0 Å². The van der Waals surface area contributed by atoms with Crippen LogP contribution in [0.4, 0.5) is 5.69 Å². The van der Waals surface area contributed by atoms with Crippen LogP contribution in [0, 0.1) is 3.95 Å². The van der Waals surface area contributed by atoms with E-state index in [1.165, 1.54) is 16.2 Å². The number of anilines is 1. The molecule has 0 aliphatic carbocycles. The SMILES string of the molecule is CCOC(=O)Cc1csc(=S)n1C[NH+]1CCN(c2ccc(C(C)=O)cc2)CC1. The molecule has 1 N–H and O–H groups in total. The van der Waals surface area contributed by atoms with E-state index in [1.54, 1.807) is 6.92 Å². The Bertz CT molecular complexity index is 881. The van der Waals surface area contributed by atoms with Gasteiger partial charge >= 0.3 is 5.97 Å². The van der Waals surface area contributed by atoms with E-state index in [0.29, 0.717) is 6.61 Å². The van der Waals surface area contributed by atoms with Crippen LogP contribution in [-0.4, -0.2) is 49.1 Å². The second kappa shape index (κ2) is 9.45. The highest BCUT2D eigenvalue weighted by atomic mass is 32.1. The fraction of sp³-hybridized carbons (Fsp3) is 0.450. The van der Waals surface area contributed by atoms with Crippen LogP contribution in [0.25, 0.3) is 0 Å². The van der Waals surface area contributed by atoms with Crippen molar-refractivity contribution in [2.45, 2.75) is 26.9 Å². The van der Waals surface area contributed by atoms with Crippen molar-refractivity contribution in [3.63, 3.8) is 0 Å². The molecular formula is C20H26N3O3S2+. The first-order valence-corrected chi connectivity index (χ1v) is 10.8. The van der Waals surface area contributed by atoms with Gasteiger partial charge in [-0.3, -0.25) is 14.2 Å². The van der Waals surface area contributed by atoms with E-state index >= 15 is 0 Å². The number of ketones is 1. The summed E-state index contributed by atoms with van der Waals surface area (Å²) in [6.45, 7) is 8.44. The van der Waals surface area contributed by atoms with Crippen molar-refractivity contribution in [1.82, 2.24) is 4.57 Å². The third kappa shape index (κ3) is 5.06. The number of rotatable bonds is 7. The molecule has 150 valence electrons. The number of aromatic nitrogens is 1. The van der Waals surface area contributed by atoms with Gasteiger partial charge in [0.2, 0.25) is 0 Å². The predicted molar refractivity (Wildman–Crippen MR) is 113 cm³/mol. The summed E-state index contributed by atoms with van der Waals surface area (Å²) < 4.78 is 7.94. The van der Waals surface area contributed by atoms with Crippen LogP contribution in [0.1, 0.15) is 29.9 Å². The standard InChI is InChI=1S/C20H25N3O3S2/c1-3-26-19(25)12-18-13-28-20(27)23(18)14-21-8-10-22(11-9-21)17-6-4-16(5-7-17)15(2)24/h4-7,13H,3,8-12,14H2,1-2H3/p+1. The third-order valence-electron chi connectivity index (χ3n) is 4.98. The summed E-state index contributed by atoms with van der Waals surface area (Å²) in [5, 5.41) is 1.96. The molecule has 28 heavy (non-hydrogen) atoms. The van der Waals surface area contributed by atoms with Gasteiger partial charge in [0.25, 0.3) is 0 Å². The molecule has 1 saturated heterocycles. The molecule has 2 heterocycles. The highest BCUT2D eigenvalue weighted by molar-refractivity contribution is 7.73. The summed E-state index contributed by atoms with van der Waals surface area (Å²) in [4.78, 5) is 27.1. The van der Waals surface area contributed by atoms with Gasteiger partial charge in [0.05, 0.1) is 39.2 Å². The number of thiazole rings is 1. The number of hydrogen-bond acceptors (Lipinski definition) is 6. The summed E-state index contributed by atoms with van der Waals surface area (Å²) in [7, 11) is 0. The molecule has 3 rings (SSSR count). The lowest BCUT2D eigenvalue weighted by Crippen LogP contribution is -3.14. The summed E-state index contributed by atoms with van der Waals surface area (Å²) in [5.74, 6) is -0.121. The Morgan fingerprint density at radius 1 is 1.21 bits per heavy atom. The third-order valence-corrected chi connectivity index (χ3v) is 6.31. The second-order valence-corrected chi connectivity index (χ2v) is 8.40. The highest BCUT2D eigenvalue weighted by Crippen LogP contribution is 2.16. The highest BCUT2D eigenvalue weighted by Gasteiger charge is 2.22. The number of hydrogen-bond donors (Lipinski definition) is 1. The second-order valence-electron chi connectivity index (χ2n) is 6.90. The molecule has 0 saturated carbocycles. The van der Waals surface area contributed by atoms with Crippen molar-refractivity contribution in [2.75, 3.05) is 37.7 Å². The molecule has 0 unspecified atom stereocenters. The van der Waals surface area contributed by atoms with Gasteiger partial charge in [-0.15, -0.1) is 11.3 Å². The fourth-order valence-corrected chi connectivity index (χ4v) is 4.48. The number of ether oxygens (including phenoxy) is 1. The van der Waals surface area contributed by atoms with Gasteiger partial charge in [-0.2, -0.15) is 0 Å². The van der Waals surface area contributed by atoms with Crippen LogP contribution >= 0.6 is 23.6 Å². The average molecular weight is 421 g/mol. The van der Waals surface area contributed by atoms with Crippen molar-refractivity contribution >= 4 is 41.0 Å². The smallest absolute Gasteiger partial charge is 0.311 e. The van der Waals surface area contributed by atoms with Crippen molar-refractivity contribution < 1.29 is 19.2 Å². The number of nitrogens with zero attached hydrogens (tertiary/aromatic N) is 2. The van der Waals surface area contributed by atoms with Gasteiger partial charge in [0, 0.05) is 22.3 Å². The monoisotopic (exact) mass is 420 g/mol. The lowest BCUT2D eigenvalue weighted by molar-refractivity contribution is -0.923. The number of nitrogens with one attached hydrogen (secondary N) is 1. The van der Waals surface area contributed by atoms with E-state index in [1.807, 2.05) is 36.6 Å². The number of carbonyl (C=O) groups excluding carboxylic acids is 2. The fourth-order valence-electron chi connectivity index (χ4n) is 3.40. The van der Waals surface area contributed by atoms with Gasteiger partial charge in [-0.25, -0.2) is 0 Å². The maximum absolute atomic E-state index is 11.8. The molecule has 0 spiro atoms. The van der Waals surface area contributed by atoms with Crippen molar-refractivity contribution in [3.8, 4) is 0 Å². The number of benzene rings is 1. The molecule has 0 atom stereocenters. The Hall–Kier alpha value is -2.03. The van der Waals surface area contributed by atoms with E-state index in [4.69, 9.17) is 17.0 Å². The Labute approximate surface area is 174 Å². The van der Waals surface area contributed by atoms with Gasteiger partial charge < -0.3 is 14.5 Å². The van der Waals surface area contributed by atoms with Gasteiger partial charge in [0.15, 0.2) is 16.4 Å². The lowest BCUT2D eigenvalue weighted by Gasteiger charge is -2.34. The summed E-state index contributed by atoms with van der Waals surface area (Å²) >= 11 is 6.97. The molecule has 8 heteroatoms. The molecule has 0 radical (unpaired) electrons. The molecule has 6 nitrogen and oxygen atoms in total. The molecule has 1 aromatic heterocycles. The number of esters is 1. The Morgan fingerprint density at radius 3 is 2.50 bits per heavy atom. The molecular weight excluding hydrogens is 394 g/mol. The van der Waals surface area contributed by atoms with Crippen LogP contribution in [0.15, 0.2) is 29.6 Å². The Morgan fingerprint density at radius 2 is 1.89 bits per heavy atom. The Kier molecular flexibility index (Phi) is 6.98. The number of piperazine rings is 1. The van der Waals surface area contributed by atoms with Crippen molar-refractivity contribution in [3.05, 3.63) is 44.9 Å². The van der Waals surface area contributed by atoms with Crippen LogP contribution < -0.4 is 9.80 Å². The zero-order valence-electron chi connectivity index (χ0n) is 16.3. The number of carbonyl (C=O) groups is 2. The zero-order valence-corrected chi connectivity index (χ0v) is 17.9. The molecule has 0 bridgehead atoms. The van der Waals surface area contributed by atoms with E-state index in [9.17, 15) is 9.59 Å². The van der Waals surface area contributed by atoms with Crippen LogP contribution in [-0.2, 0) is 22.6 Å². The summed E-state index contributed by atoms with van der Waals surface area (Å²) in [6.07, 6.45) is 0.267. The van der Waals surface area contributed by atoms with E-state index < -0.39 is 0 Å². The van der Waals surface area contributed by atoms with Crippen LogP contribution in [0.5, 0.6) is 0 Å². The molecule has 1 aromatic carbocycles. The lowest BCUT2D eigenvalue weighted by atomic mass is 10.1. The minimum atomic E-state index is -0.210. The number of quaternary nitrogens is 1. The maximum atomic E-state index is 11.8. The van der Waals surface area contributed by atoms with Gasteiger partial charge in [-0.05, 0) is 50.3 Å². The average Bonchev–Trinajstić information content (AvgIpc) is 3.02. The molecule has 0 amide bonds.